The van der Waals surface area contributed by atoms with Crippen molar-refractivity contribution < 1.29 is 4.74 Å². The first kappa shape index (κ1) is 13.5. The van der Waals surface area contributed by atoms with E-state index in [0.29, 0.717) is 12.5 Å². The van der Waals surface area contributed by atoms with Crippen LogP contribution in [0.3, 0.4) is 0 Å². The van der Waals surface area contributed by atoms with E-state index in [9.17, 15) is 0 Å². The van der Waals surface area contributed by atoms with Crippen LogP contribution in [0.25, 0.3) is 0 Å². The number of rotatable bonds is 6. The molecule has 0 amide bonds. The molecule has 0 saturated heterocycles. The zero-order chi connectivity index (χ0) is 11.9. The smallest absolute Gasteiger partial charge is 0.104 e. The molecule has 3 nitrogen and oxygen atoms in total. The van der Waals surface area contributed by atoms with Gasteiger partial charge in [-0.2, -0.15) is 5.26 Å². The van der Waals surface area contributed by atoms with Gasteiger partial charge in [0.2, 0.25) is 0 Å². The maximum atomic E-state index is 8.92. The lowest BCUT2D eigenvalue weighted by molar-refractivity contribution is 0.0250. The third-order valence-corrected chi connectivity index (χ3v) is 3.53. The van der Waals surface area contributed by atoms with Crippen molar-refractivity contribution in [1.29, 1.82) is 5.26 Å². The number of hydrogen-bond acceptors (Lipinski definition) is 3. The maximum absolute atomic E-state index is 8.92. The molecule has 1 fully saturated rings. The summed E-state index contributed by atoms with van der Waals surface area (Å²) in [4.78, 5) is 0. The van der Waals surface area contributed by atoms with Crippen LogP contribution < -0.4 is 5.73 Å². The number of hydrogen-bond donors (Lipinski definition) is 1. The van der Waals surface area contributed by atoms with E-state index >= 15 is 0 Å². The molecule has 0 radical (unpaired) electrons. The summed E-state index contributed by atoms with van der Waals surface area (Å²) in [6, 6.07) is 2.19. The highest BCUT2D eigenvalue weighted by atomic mass is 16.5. The molecule has 1 atom stereocenters. The van der Waals surface area contributed by atoms with Crippen LogP contribution in [0.1, 0.15) is 58.3 Å². The van der Waals surface area contributed by atoms with E-state index in [1.807, 2.05) is 6.92 Å². The van der Waals surface area contributed by atoms with Gasteiger partial charge in [-0.25, -0.2) is 0 Å². The fraction of sp³-hybridized carbons (Fsp3) is 0.923. The van der Waals surface area contributed by atoms with Crippen molar-refractivity contribution in [2.75, 3.05) is 6.61 Å². The Bertz CT molecular complexity index is 231. The fourth-order valence-corrected chi connectivity index (χ4v) is 2.18. The zero-order valence-electron chi connectivity index (χ0n) is 10.4. The van der Waals surface area contributed by atoms with E-state index in [0.717, 1.165) is 19.4 Å². The Kier molecular flexibility index (Phi) is 5.79. The second-order valence-corrected chi connectivity index (χ2v) is 4.86. The Balaban J connectivity index is 2.09. The summed E-state index contributed by atoms with van der Waals surface area (Å²) in [5.74, 6) is 0. The van der Waals surface area contributed by atoms with Crippen LogP contribution in [0, 0.1) is 11.3 Å². The molecular formula is C13H24N2O. The van der Waals surface area contributed by atoms with E-state index in [1.165, 1.54) is 32.1 Å². The SMILES string of the molecule is CCC(N)(C#N)CCCOC1CCCCC1. The third kappa shape index (κ3) is 4.51. The monoisotopic (exact) mass is 224 g/mol. The van der Waals surface area contributed by atoms with Crippen molar-refractivity contribution in [2.24, 2.45) is 5.73 Å². The van der Waals surface area contributed by atoms with Gasteiger partial charge in [-0.15, -0.1) is 0 Å². The summed E-state index contributed by atoms with van der Waals surface area (Å²) in [7, 11) is 0. The molecule has 1 aliphatic rings. The Morgan fingerprint density at radius 3 is 2.62 bits per heavy atom. The fourth-order valence-electron chi connectivity index (χ4n) is 2.18. The molecule has 0 spiro atoms. The molecule has 0 aliphatic heterocycles. The van der Waals surface area contributed by atoms with Gasteiger partial charge in [0.25, 0.3) is 0 Å². The van der Waals surface area contributed by atoms with Gasteiger partial charge in [-0.1, -0.05) is 26.2 Å². The molecule has 0 bridgehead atoms. The highest BCUT2D eigenvalue weighted by Gasteiger charge is 2.21. The summed E-state index contributed by atoms with van der Waals surface area (Å²) < 4.78 is 5.80. The Morgan fingerprint density at radius 1 is 1.38 bits per heavy atom. The topological polar surface area (TPSA) is 59.0 Å². The lowest BCUT2D eigenvalue weighted by Gasteiger charge is -2.23. The van der Waals surface area contributed by atoms with Gasteiger partial charge in [-0.3, -0.25) is 0 Å². The van der Waals surface area contributed by atoms with Crippen LogP contribution in [0.4, 0.5) is 0 Å². The van der Waals surface area contributed by atoms with Gasteiger partial charge >= 0.3 is 0 Å². The second kappa shape index (κ2) is 6.88. The summed E-state index contributed by atoms with van der Waals surface area (Å²) in [5.41, 5.74) is 5.26. The van der Waals surface area contributed by atoms with E-state index in [4.69, 9.17) is 15.7 Å². The molecule has 0 heterocycles. The minimum absolute atomic E-state index is 0.463. The van der Waals surface area contributed by atoms with Crippen LogP contribution in [0.15, 0.2) is 0 Å². The third-order valence-electron chi connectivity index (χ3n) is 3.53. The molecule has 0 aromatic rings. The lowest BCUT2D eigenvalue weighted by Crippen LogP contribution is -2.37. The number of ether oxygens (including phenoxy) is 1. The first-order valence-electron chi connectivity index (χ1n) is 6.52. The largest absolute Gasteiger partial charge is 0.378 e. The van der Waals surface area contributed by atoms with Crippen molar-refractivity contribution in [2.45, 2.75) is 69.9 Å². The summed E-state index contributed by atoms with van der Waals surface area (Å²) in [5, 5.41) is 8.92. The minimum atomic E-state index is -0.643. The van der Waals surface area contributed by atoms with E-state index in [-0.39, 0.29) is 0 Å². The minimum Gasteiger partial charge on any atom is -0.378 e. The summed E-state index contributed by atoms with van der Waals surface area (Å²) >= 11 is 0. The van der Waals surface area contributed by atoms with Crippen molar-refractivity contribution in [3.8, 4) is 6.07 Å². The van der Waals surface area contributed by atoms with Crippen molar-refractivity contribution >= 4 is 0 Å². The van der Waals surface area contributed by atoms with Crippen LogP contribution >= 0.6 is 0 Å². The molecule has 1 saturated carbocycles. The lowest BCUT2D eigenvalue weighted by atomic mass is 9.93. The average molecular weight is 224 g/mol. The normalized spacial score (nSPS) is 21.3. The standard InChI is InChI=1S/C13H24N2O/c1-2-13(15,11-14)9-6-10-16-12-7-4-3-5-8-12/h12H,2-10,15H2,1H3. The molecule has 0 aromatic carbocycles. The van der Waals surface area contributed by atoms with Gasteiger partial charge in [0.1, 0.15) is 5.54 Å². The second-order valence-electron chi connectivity index (χ2n) is 4.86. The Morgan fingerprint density at radius 2 is 2.06 bits per heavy atom. The molecule has 16 heavy (non-hydrogen) atoms. The highest BCUT2D eigenvalue weighted by Crippen LogP contribution is 2.21. The molecular weight excluding hydrogens is 200 g/mol. The van der Waals surface area contributed by atoms with Gasteiger partial charge in [0.15, 0.2) is 0 Å². The predicted molar refractivity (Wildman–Crippen MR) is 64.9 cm³/mol. The highest BCUT2D eigenvalue weighted by molar-refractivity contribution is 5.03. The Labute approximate surface area is 99.0 Å². The van der Waals surface area contributed by atoms with Gasteiger partial charge in [0, 0.05) is 6.61 Å². The molecule has 1 unspecified atom stereocenters. The number of nitrogens with two attached hydrogens (primary N) is 1. The quantitative estimate of drug-likeness (QED) is 0.706. The first-order chi connectivity index (χ1) is 7.70. The van der Waals surface area contributed by atoms with Crippen molar-refractivity contribution in [3.63, 3.8) is 0 Å². The molecule has 0 aromatic heterocycles. The summed E-state index contributed by atoms with van der Waals surface area (Å²) in [6.45, 7) is 2.72. The van der Waals surface area contributed by atoms with Gasteiger partial charge in [-0.05, 0) is 32.1 Å². The van der Waals surface area contributed by atoms with Crippen LogP contribution in [-0.4, -0.2) is 18.2 Å². The van der Waals surface area contributed by atoms with Crippen molar-refractivity contribution in [3.05, 3.63) is 0 Å². The Hall–Kier alpha value is -0.590. The molecule has 3 heteroatoms. The summed E-state index contributed by atoms with van der Waals surface area (Å²) in [6.07, 6.45) is 9.20. The number of nitriles is 1. The van der Waals surface area contributed by atoms with E-state index in [2.05, 4.69) is 6.07 Å². The molecule has 1 rings (SSSR count). The maximum Gasteiger partial charge on any atom is 0.104 e. The molecule has 92 valence electrons. The molecule has 2 N–H and O–H groups in total. The van der Waals surface area contributed by atoms with Crippen LogP contribution in [-0.2, 0) is 4.74 Å². The van der Waals surface area contributed by atoms with Gasteiger partial charge in [0.05, 0.1) is 12.2 Å². The van der Waals surface area contributed by atoms with E-state index < -0.39 is 5.54 Å². The number of nitrogens with zero attached hydrogens (tertiary/aromatic N) is 1. The van der Waals surface area contributed by atoms with Crippen LogP contribution in [0.2, 0.25) is 0 Å². The van der Waals surface area contributed by atoms with Crippen LogP contribution in [0.5, 0.6) is 0 Å². The van der Waals surface area contributed by atoms with Gasteiger partial charge < -0.3 is 10.5 Å². The predicted octanol–water partition coefficient (Wildman–Crippen LogP) is 2.75. The van der Waals surface area contributed by atoms with E-state index in [1.54, 1.807) is 0 Å². The zero-order valence-corrected chi connectivity index (χ0v) is 10.4. The average Bonchev–Trinajstić information content (AvgIpc) is 2.36. The van der Waals surface area contributed by atoms with Crippen molar-refractivity contribution in [1.82, 2.24) is 0 Å². The molecule has 1 aliphatic carbocycles. The first-order valence-corrected chi connectivity index (χ1v) is 6.52.